The number of carbonyl (C=O) groups excluding carboxylic acids is 1. The summed E-state index contributed by atoms with van der Waals surface area (Å²) in [6, 6.07) is 10.5. The number of aromatic nitrogens is 1. The molecule has 0 aromatic carbocycles. The molecule has 2 aliphatic rings. The van der Waals surface area contributed by atoms with E-state index in [1.807, 2.05) is 35.8 Å². The first-order chi connectivity index (χ1) is 12.3. The Morgan fingerprint density at radius 2 is 2.24 bits per heavy atom. The molecule has 1 N–H and O–H groups in total. The number of likely N-dealkylation sites (tertiary alicyclic amines) is 1. The van der Waals surface area contributed by atoms with Gasteiger partial charge in [-0.25, -0.2) is 0 Å². The van der Waals surface area contributed by atoms with Gasteiger partial charge >= 0.3 is 0 Å². The highest BCUT2D eigenvalue weighted by molar-refractivity contribution is 7.09. The summed E-state index contributed by atoms with van der Waals surface area (Å²) in [6.07, 6.45) is 4.48. The van der Waals surface area contributed by atoms with Gasteiger partial charge in [0.25, 0.3) is 0 Å². The van der Waals surface area contributed by atoms with Crippen LogP contribution in [0.15, 0.2) is 41.9 Å². The Bertz CT molecular complexity index is 692. The maximum Gasteiger partial charge on any atom is 0.249 e. The quantitative estimate of drug-likeness (QED) is 0.894. The average molecular weight is 357 g/mol. The standard InChI is InChI=1S/C19H23N3O2S/c23-19(21-12-15-5-3-11-25-15)18-7-6-16-17(24-18)8-10-22(16)13-14-4-1-2-9-20-14/h1-5,9,11,16-18H,6-8,10,12-13H2,(H,21,23)/t16-,17-,18+/m1/s1. The van der Waals surface area contributed by atoms with E-state index in [9.17, 15) is 4.79 Å². The number of pyridine rings is 1. The van der Waals surface area contributed by atoms with Crippen molar-refractivity contribution in [2.45, 2.75) is 50.6 Å². The number of amides is 1. The molecule has 4 rings (SSSR count). The number of ether oxygens (including phenoxy) is 1. The van der Waals surface area contributed by atoms with Gasteiger partial charge in [0.1, 0.15) is 6.10 Å². The van der Waals surface area contributed by atoms with Gasteiger partial charge in [0.05, 0.1) is 18.3 Å². The van der Waals surface area contributed by atoms with Crippen molar-refractivity contribution in [2.75, 3.05) is 6.54 Å². The lowest BCUT2D eigenvalue weighted by Gasteiger charge is -2.35. The van der Waals surface area contributed by atoms with Crippen LogP contribution in [0.1, 0.15) is 29.8 Å². The molecular weight excluding hydrogens is 334 g/mol. The third-order valence-electron chi connectivity index (χ3n) is 5.06. The molecule has 0 saturated carbocycles. The molecule has 0 bridgehead atoms. The summed E-state index contributed by atoms with van der Waals surface area (Å²) in [6.45, 7) is 2.46. The van der Waals surface area contributed by atoms with E-state index >= 15 is 0 Å². The van der Waals surface area contributed by atoms with Gasteiger partial charge in [-0.2, -0.15) is 0 Å². The summed E-state index contributed by atoms with van der Waals surface area (Å²) in [5.74, 6) is 0.0232. The van der Waals surface area contributed by atoms with Gasteiger partial charge in [0.15, 0.2) is 0 Å². The fourth-order valence-corrected chi connectivity index (χ4v) is 4.45. The highest BCUT2D eigenvalue weighted by Crippen LogP contribution is 2.32. The highest BCUT2D eigenvalue weighted by Gasteiger charge is 2.41. The molecular formula is C19H23N3O2S. The molecule has 6 heteroatoms. The van der Waals surface area contributed by atoms with Crippen LogP contribution in [0, 0.1) is 0 Å². The van der Waals surface area contributed by atoms with Gasteiger partial charge in [-0.05, 0) is 42.8 Å². The Labute approximate surface area is 152 Å². The van der Waals surface area contributed by atoms with Crippen molar-refractivity contribution in [3.05, 3.63) is 52.5 Å². The molecule has 4 heterocycles. The SMILES string of the molecule is O=C(NCc1cccs1)[C@@H]1CC[C@@H]2[C@@H](CCN2Cc2ccccn2)O1. The van der Waals surface area contributed by atoms with Crippen LogP contribution in [0.4, 0.5) is 0 Å². The summed E-state index contributed by atoms with van der Waals surface area (Å²) in [5, 5.41) is 5.03. The molecule has 25 heavy (non-hydrogen) atoms. The van der Waals surface area contributed by atoms with Crippen LogP contribution in [0.3, 0.4) is 0 Å². The first kappa shape index (κ1) is 16.7. The normalized spacial score (nSPS) is 26.3. The number of nitrogens with one attached hydrogen (secondary N) is 1. The summed E-state index contributed by atoms with van der Waals surface area (Å²) < 4.78 is 6.14. The molecule has 2 saturated heterocycles. The van der Waals surface area contributed by atoms with Crippen molar-refractivity contribution >= 4 is 17.2 Å². The van der Waals surface area contributed by atoms with E-state index < -0.39 is 0 Å². The fourth-order valence-electron chi connectivity index (χ4n) is 3.80. The molecule has 132 valence electrons. The van der Waals surface area contributed by atoms with Crippen LogP contribution in [0.2, 0.25) is 0 Å². The van der Waals surface area contributed by atoms with Gasteiger partial charge in [0, 0.05) is 30.2 Å². The minimum atomic E-state index is -0.309. The van der Waals surface area contributed by atoms with Gasteiger partial charge in [0.2, 0.25) is 5.91 Å². The van der Waals surface area contributed by atoms with Crippen LogP contribution in [0.25, 0.3) is 0 Å². The predicted molar refractivity (Wildman–Crippen MR) is 97.1 cm³/mol. The van der Waals surface area contributed by atoms with Crippen LogP contribution < -0.4 is 5.32 Å². The van der Waals surface area contributed by atoms with E-state index in [-0.39, 0.29) is 18.1 Å². The zero-order chi connectivity index (χ0) is 17.1. The molecule has 0 radical (unpaired) electrons. The lowest BCUT2D eigenvalue weighted by atomic mass is 9.98. The molecule has 0 aliphatic carbocycles. The summed E-state index contributed by atoms with van der Waals surface area (Å²) >= 11 is 1.66. The Morgan fingerprint density at radius 1 is 1.28 bits per heavy atom. The molecule has 2 aromatic heterocycles. The summed E-state index contributed by atoms with van der Waals surface area (Å²) in [4.78, 5) is 20.4. The third-order valence-corrected chi connectivity index (χ3v) is 5.94. The number of thiophene rings is 1. The zero-order valence-corrected chi connectivity index (χ0v) is 15.0. The molecule has 1 amide bonds. The zero-order valence-electron chi connectivity index (χ0n) is 14.1. The van der Waals surface area contributed by atoms with Crippen molar-refractivity contribution in [2.24, 2.45) is 0 Å². The number of rotatable bonds is 5. The van der Waals surface area contributed by atoms with Crippen LogP contribution in [-0.4, -0.2) is 40.6 Å². The number of nitrogens with zero attached hydrogens (tertiary/aromatic N) is 2. The number of hydrogen-bond donors (Lipinski definition) is 1. The molecule has 2 fully saturated rings. The average Bonchev–Trinajstić information content (AvgIpc) is 3.30. The van der Waals surface area contributed by atoms with E-state index in [1.54, 1.807) is 11.3 Å². The maximum atomic E-state index is 12.4. The lowest BCUT2D eigenvalue weighted by molar-refractivity contribution is -0.144. The third kappa shape index (κ3) is 3.92. The van der Waals surface area contributed by atoms with Crippen LogP contribution in [-0.2, 0) is 22.6 Å². The van der Waals surface area contributed by atoms with Gasteiger partial charge in [-0.1, -0.05) is 12.1 Å². The second kappa shape index (κ2) is 7.64. The second-order valence-corrected chi connectivity index (χ2v) is 7.72. The Hall–Kier alpha value is -1.76. The van der Waals surface area contributed by atoms with Crippen molar-refractivity contribution in [1.82, 2.24) is 15.2 Å². The first-order valence-corrected chi connectivity index (χ1v) is 9.77. The number of carbonyl (C=O) groups is 1. The molecule has 5 nitrogen and oxygen atoms in total. The van der Waals surface area contributed by atoms with Crippen molar-refractivity contribution in [3.8, 4) is 0 Å². The van der Waals surface area contributed by atoms with Crippen molar-refractivity contribution in [1.29, 1.82) is 0 Å². The van der Waals surface area contributed by atoms with E-state index in [2.05, 4.69) is 21.3 Å². The molecule has 0 spiro atoms. The Kier molecular flexibility index (Phi) is 5.10. The molecule has 3 atom stereocenters. The highest BCUT2D eigenvalue weighted by atomic mass is 32.1. The largest absolute Gasteiger partial charge is 0.363 e. The minimum Gasteiger partial charge on any atom is -0.363 e. The minimum absolute atomic E-state index is 0.0232. The van der Waals surface area contributed by atoms with E-state index in [1.165, 1.54) is 4.88 Å². The van der Waals surface area contributed by atoms with E-state index in [0.717, 1.165) is 38.0 Å². The van der Waals surface area contributed by atoms with Gasteiger partial charge < -0.3 is 10.1 Å². The second-order valence-electron chi connectivity index (χ2n) is 6.69. The maximum absolute atomic E-state index is 12.4. The molecule has 2 aliphatic heterocycles. The van der Waals surface area contributed by atoms with Crippen molar-refractivity contribution in [3.63, 3.8) is 0 Å². The summed E-state index contributed by atoms with van der Waals surface area (Å²) in [7, 11) is 0. The predicted octanol–water partition coefficient (Wildman–Crippen LogP) is 2.58. The molecule has 0 unspecified atom stereocenters. The lowest BCUT2D eigenvalue weighted by Crippen LogP contribution is -2.47. The van der Waals surface area contributed by atoms with Gasteiger partial charge in [-0.15, -0.1) is 11.3 Å². The smallest absolute Gasteiger partial charge is 0.249 e. The van der Waals surface area contributed by atoms with Crippen molar-refractivity contribution < 1.29 is 9.53 Å². The number of hydrogen-bond acceptors (Lipinski definition) is 5. The molecule has 2 aromatic rings. The van der Waals surface area contributed by atoms with Gasteiger partial charge in [-0.3, -0.25) is 14.7 Å². The van der Waals surface area contributed by atoms with E-state index in [0.29, 0.717) is 12.6 Å². The topological polar surface area (TPSA) is 54.5 Å². The van der Waals surface area contributed by atoms with Crippen LogP contribution in [0.5, 0.6) is 0 Å². The Morgan fingerprint density at radius 3 is 3.04 bits per heavy atom. The number of fused-ring (bicyclic) bond motifs is 1. The summed E-state index contributed by atoms with van der Waals surface area (Å²) in [5.41, 5.74) is 1.10. The van der Waals surface area contributed by atoms with Crippen LogP contribution >= 0.6 is 11.3 Å². The first-order valence-electron chi connectivity index (χ1n) is 8.89. The van der Waals surface area contributed by atoms with E-state index in [4.69, 9.17) is 4.74 Å². The Balaban J connectivity index is 1.30. The monoisotopic (exact) mass is 357 g/mol. The fraction of sp³-hybridized carbons (Fsp3) is 0.474.